The van der Waals surface area contributed by atoms with Gasteiger partial charge in [-0.3, -0.25) is 4.79 Å². The number of nitrogens with zero attached hydrogens (tertiary/aromatic N) is 1. The average molecular weight is 331 g/mol. The van der Waals surface area contributed by atoms with E-state index in [9.17, 15) is 14.4 Å². The number of esters is 1. The summed E-state index contributed by atoms with van der Waals surface area (Å²) in [4.78, 5) is 36.0. The van der Waals surface area contributed by atoms with Crippen molar-refractivity contribution in [3.63, 3.8) is 0 Å². The van der Waals surface area contributed by atoms with Crippen LogP contribution in [0.25, 0.3) is 0 Å². The molecule has 0 bridgehead atoms. The first-order chi connectivity index (χ1) is 11.7. The molecule has 2 rings (SSSR count). The minimum absolute atomic E-state index is 0.0972. The largest absolute Gasteiger partial charge is 0.462 e. The maximum atomic E-state index is 11.7. The van der Waals surface area contributed by atoms with Crippen LogP contribution in [0.4, 0.5) is 0 Å². The van der Waals surface area contributed by atoms with E-state index in [0.29, 0.717) is 31.6 Å². The molecule has 1 heterocycles. The zero-order chi connectivity index (χ0) is 17.2. The molecular formula is C19H25NO4. The molecule has 1 aliphatic heterocycles. The topological polar surface area (TPSA) is 63.7 Å². The third kappa shape index (κ3) is 5.48. The number of rotatable bonds is 10. The number of hydrogen-bond donors (Lipinski definition) is 0. The molecule has 1 saturated heterocycles. The highest BCUT2D eigenvalue weighted by atomic mass is 16.5. The molecule has 0 aliphatic carbocycles. The van der Waals surface area contributed by atoms with E-state index in [2.05, 4.69) is 0 Å². The lowest BCUT2D eigenvalue weighted by Gasteiger charge is -2.20. The summed E-state index contributed by atoms with van der Waals surface area (Å²) in [5, 5.41) is 0. The second-order valence-corrected chi connectivity index (χ2v) is 6.10. The fourth-order valence-electron chi connectivity index (χ4n) is 2.92. The number of aldehydes is 1. The Morgan fingerprint density at radius 1 is 1.12 bits per heavy atom. The molecule has 0 radical (unpaired) electrons. The average Bonchev–Trinajstić information content (AvgIpc) is 2.97. The molecule has 1 aliphatic rings. The summed E-state index contributed by atoms with van der Waals surface area (Å²) < 4.78 is 5.23. The molecule has 0 spiro atoms. The smallest absolute Gasteiger partial charge is 0.338 e. The fraction of sp³-hybridized carbons (Fsp3) is 0.526. The van der Waals surface area contributed by atoms with Gasteiger partial charge in [-0.1, -0.05) is 37.5 Å². The van der Waals surface area contributed by atoms with Gasteiger partial charge in [-0.2, -0.15) is 0 Å². The molecule has 1 aromatic rings. The minimum Gasteiger partial charge on any atom is -0.462 e. The van der Waals surface area contributed by atoms with E-state index in [1.165, 1.54) is 0 Å². The summed E-state index contributed by atoms with van der Waals surface area (Å²) in [6.45, 7) is 1.11. The first kappa shape index (κ1) is 18.2. The van der Waals surface area contributed by atoms with Crippen LogP contribution in [0, 0.1) is 0 Å². The molecule has 0 aromatic heterocycles. The molecule has 1 amide bonds. The lowest BCUT2D eigenvalue weighted by atomic mass is 10.1. The number of carbonyl (C=O) groups is 3. The van der Waals surface area contributed by atoms with Crippen LogP contribution in [0.3, 0.4) is 0 Å². The standard InChI is InChI=1S/C19H25NO4/c21-15-17-11-12-18(22)20(17)13-7-2-1-3-8-14-24-19(23)16-9-5-4-6-10-16/h4-6,9-10,15,17H,1-3,7-8,11-14H2. The minimum atomic E-state index is -0.275. The number of likely N-dealkylation sites (tertiary alicyclic amines) is 1. The molecule has 0 saturated carbocycles. The molecule has 5 heteroatoms. The summed E-state index contributed by atoms with van der Waals surface area (Å²) in [5.74, 6) is -0.178. The van der Waals surface area contributed by atoms with Crippen molar-refractivity contribution in [1.29, 1.82) is 0 Å². The predicted molar refractivity (Wildman–Crippen MR) is 90.6 cm³/mol. The summed E-state index contributed by atoms with van der Waals surface area (Å²) in [7, 11) is 0. The molecule has 24 heavy (non-hydrogen) atoms. The summed E-state index contributed by atoms with van der Waals surface area (Å²) in [5.41, 5.74) is 0.581. The van der Waals surface area contributed by atoms with Gasteiger partial charge in [-0.25, -0.2) is 4.79 Å². The van der Waals surface area contributed by atoms with Crippen molar-refractivity contribution in [1.82, 2.24) is 4.90 Å². The monoisotopic (exact) mass is 331 g/mol. The summed E-state index contributed by atoms with van der Waals surface area (Å²) >= 11 is 0. The van der Waals surface area contributed by atoms with Crippen molar-refractivity contribution in [2.75, 3.05) is 13.2 Å². The van der Waals surface area contributed by atoms with E-state index in [-0.39, 0.29) is 17.9 Å². The number of hydrogen-bond acceptors (Lipinski definition) is 4. The van der Waals surface area contributed by atoms with E-state index >= 15 is 0 Å². The van der Waals surface area contributed by atoms with Crippen LogP contribution in [0.1, 0.15) is 55.3 Å². The van der Waals surface area contributed by atoms with Crippen molar-refractivity contribution in [2.24, 2.45) is 0 Å². The Balaban J connectivity index is 1.49. The van der Waals surface area contributed by atoms with Gasteiger partial charge < -0.3 is 14.4 Å². The SMILES string of the molecule is O=CC1CCC(=O)N1CCCCCCCOC(=O)c1ccccc1. The van der Waals surface area contributed by atoms with Crippen LogP contribution in [-0.2, 0) is 14.3 Å². The quantitative estimate of drug-likeness (QED) is 0.376. The van der Waals surface area contributed by atoms with Crippen molar-refractivity contribution in [2.45, 2.75) is 51.0 Å². The maximum absolute atomic E-state index is 11.7. The van der Waals surface area contributed by atoms with Crippen LogP contribution < -0.4 is 0 Å². The molecule has 1 fully saturated rings. The lowest BCUT2D eigenvalue weighted by Crippen LogP contribution is -2.34. The fourth-order valence-corrected chi connectivity index (χ4v) is 2.92. The highest BCUT2D eigenvalue weighted by molar-refractivity contribution is 5.89. The van der Waals surface area contributed by atoms with E-state index < -0.39 is 0 Å². The molecule has 0 N–H and O–H groups in total. The Morgan fingerprint density at radius 2 is 1.83 bits per heavy atom. The second-order valence-electron chi connectivity index (χ2n) is 6.10. The van der Waals surface area contributed by atoms with Gasteiger partial charge in [0.25, 0.3) is 0 Å². The third-order valence-corrected chi connectivity index (χ3v) is 4.32. The highest BCUT2D eigenvalue weighted by Crippen LogP contribution is 2.18. The molecule has 130 valence electrons. The first-order valence-corrected chi connectivity index (χ1v) is 8.69. The summed E-state index contributed by atoms with van der Waals surface area (Å²) in [6, 6.07) is 8.77. The number of unbranched alkanes of at least 4 members (excludes halogenated alkanes) is 4. The Kier molecular flexibility index (Phi) is 7.46. The molecule has 5 nitrogen and oxygen atoms in total. The van der Waals surface area contributed by atoms with Crippen molar-refractivity contribution in [3.8, 4) is 0 Å². The van der Waals surface area contributed by atoms with Crippen molar-refractivity contribution in [3.05, 3.63) is 35.9 Å². The Hall–Kier alpha value is -2.17. The number of amides is 1. The number of ether oxygens (including phenoxy) is 1. The summed E-state index contributed by atoms with van der Waals surface area (Å²) in [6.07, 6.45) is 6.85. The zero-order valence-electron chi connectivity index (χ0n) is 14.0. The highest BCUT2D eigenvalue weighted by Gasteiger charge is 2.29. The van der Waals surface area contributed by atoms with E-state index in [4.69, 9.17) is 4.74 Å². The molecule has 1 unspecified atom stereocenters. The van der Waals surface area contributed by atoms with Gasteiger partial charge in [0.05, 0.1) is 18.2 Å². The maximum Gasteiger partial charge on any atom is 0.338 e. The van der Waals surface area contributed by atoms with Crippen molar-refractivity contribution < 1.29 is 19.1 Å². The van der Waals surface area contributed by atoms with Gasteiger partial charge in [0.15, 0.2) is 0 Å². The normalized spacial score (nSPS) is 17.1. The Labute approximate surface area is 143 Å². The van der Waals surface area contributed by atoms with Gasteiger partial charge in [0.1, 0.15) is 6.29 Å². The number of benzene rings is 1. The van der Waals surface area contributed by atoms with Crippen LogP contribution in [-0.4, -0.2) is 42.3 Å². The van der Waals surface area contributed by atoms with Crippen LogP contribution in [0.2, 0.25) is 0 Å². The van der Waals surface area contributed by atoms with E-state index in [1.807, 2.05) is 18.2 Å². The van der Waals surface area contributed by atoms with Gasteiger partial charge in [-0.15, -0.1) is 0 Å². The third-order valence-electron chi connectivity index (χ3n) is 4.32. The number of carbonyl (C=O) groups excluding carboxylic acids is 3. The van der Waals surface area contributed by atoms with Crippen LogP contribution >= 0.6 is 0 Å². The zero-order valence-corrected chi connectivity index (χ0v) is 14.0. The second kappa shape index (κ2) is 9.85. The van der Waals surface area contributed by atoms with Gasteiger partial charge >= 0.3 is 5.97 Å². The van der Waals surface area contributed by atoms with Crippen molar-refractivity contribution >= 4 is 18.2 Å². The lowest BCUT2D eigenvalue weighted by molar-refractivity contribution is -0.131. The van der Waals surface area contributed by atoms with Crippen LogP contribution in [0.5, 0.6) is 0 Å². The Morgan fingerprint density at radius 3 is 2.58 bits per heavy atom. The van der Waals surface area contributed by atoms with Gasteiger partial charge in [0.2, 0.25) is 5.91 Å². The van der Waals surface area contributed by atoms with Gasteiger partial charge in [0, 0.05) is 13.0 Å². The first-order valence-electron chi connectivity index (χ1n) is 8.69. The predicted octanol–water partition coefficient (Wildman–Crippen LogP) is 2.98. The van der Waals surface area contributed by atoms with Gasteiger partial charge in [-0.05, 0) is 31.4 Å². The Bertz CT molecular complexity index is 544. The molecule has 1 atom stereocenters. The molecule has 1 aromatic carbocycles. The van der Waals surface area contributed by atoms with Crippen LogP contribution in [0.15, 0.2) is 30.3 Å². The molecular weight excluding hydrogens is 306 g/mol. The van der Waals surface area contributed by atoms with E-state index in [1.54, 1.807) is 17.0 Å². The van der Waals surface area contributed by atoms with E-state index in [0.717, 1.165) is 38.4 Å².